The lowest BCUT2D eigenvalue weighted by molar-refractivity contribution is 0.0962. The quantitative estimate of drug-likeness (QED) is 0.155. The van der Waals surface area contributed by atoms with E-state index in [0.29, 0.717) is 46.7 Å². The topological polar surface area (TPSA) is 71.5 Å². The number of anilines is 1. The molecule has 2 aliphatic heterocycles. The number of ketones is 1. The van der Waals surface area contributed by atoms with Crippen LogP contribution in [-0.4, -0.2) is 65.0 Å². The van der Waals surface area contributed by atoms with Crippen LogP contribution in [0.4, 0.5) is 10.2 Å². The summed E-state index contributed by atoms with van der Waals surface area (Å²) in [6, 6.07) is 19.4. The maximum absolute atomic E-state index is 16.7. The Labute approximate surface area is 285 Å². The van der Waals surface area contributed by atoms with Crippen LogP contribution in [0.1, 0.15) is 48.0 Å². The third kappa shape index (κ3) is 5.90. The molecule has 2 bridgehead atoms. The SMILES string of the molecule is Cc1cccc(C(=O)C[C@@H]2C[C@@H](COc3nc(N4CC5CCC(C5)C4)c4cnc(-c5cccc6cccc(Cl)c56)c(F)c4n3)N(C)C2)c1. The van der Waals surface area contributed by atoms with Gasteiger partial charge in [-0.25, -0.2) is 4.39 Å². The molecule has 2 unspecified atom stereocenters. The Hall–Kier alpha value is -4.14. The van der Waals surface area contributed by atoms with Crippen molar-refractivity contribution in [2.45, 2.75) is 45.1 Å². The van der Waals surface area contributed by atoms with Crippen LogP contribution in [0.5, 0.6) is 6.01 Å². The minimum absolute atomic E-state index is 0.0876. The van der Waals surface area contributed by atoms with Gasteiger partial charge in [-0.05, 0) is 74.9 Å². The molecular weight excluding hydrogens is 625 g/mol. The number of nitrogens with zero attached hydrogens (tertiary/aromatic N) is 5. The van der Waals surface area contributed by atoms with Crippen molar-refractivity contribution in [3.63, 3.8) is 0 Å². The van der Waals surface area contributed by atoms with Crippen molar-refractivity contribution in [1.82, 2.24) is 19.9 Å². The number of hydrogen-bond donors (Lipinski definition) is 0. The summed E-state index contributed by atoms with van der Waals surface area (Å²) in [5.41, 5.74) is 2.87. The number of aryl methyl sites for hydroxylation is 1. The number of benzene rings is 3. The van der Waals surface area contributed by atoms with Gasteiger partial charge in [-0.3, -0.25) is 14.7 Å². The zero-order valence-electron chi connectivity index (χ0n) is 27.3. The van der Waals surface area contributed by atoms with Crippen LogP contribution >= 0.6 is 11.6 Å². The Balaban J connectivity index is 1.10. The van der Waals surface area contributed by atoms with Crippen LogP contribution in [0, 0.1) is 30.5 Å². The summed E-state index contributed by atoms with van der Waals surface area (Å²) in [7, 11) is 2.06. The average molecular weight is 664 g/mol. The second-order valence-electron chi connectivity index (χ2n) is 14.1. The van der Waals surface area contributed by atoms with E-state index in [1.807, 2.05) is 67.6 Å². The molecule has 3 aromatic carbocycles. The number of carbonyl (C=O) groups is 1. The van der Waals surface area contributed by atoms with Crippen molar-refractivity contribution in [3.8, 4) is 17.3 Å². The number of aromatic nitrogens is 3. The standard InChI is InChI=1S/C39H39ClFN5O2/c1-23-6-3-9-28(14-23)33(47)17-26-16-29(45(2)19-26)22-48-39-43-37-31(38(44-39)46-20-24-12-13-25(15-24)21-46)18-42-36(35(37)41)30-10-4-7-27-8-5-11-32(40)34(27)30/h3-11,14,18,24-26,29H,12-13,15-17,19-22H2,1-2H3/t24?,25?,26-,29-/m0/s1. The van der Waals surface area contributed by atoms with Gasteiger partial charge >= 0.3 is 6.01 Å². The normalized spacial score (nSPS) is 22.5. The molecule has 0 N–H and O–H groups in total. The highest BCUT2D eigenvalue weighted by atomic mass is 35.5. The van der Waals surface area contributed by atoms with Gasteiger partial charge < -0.3 is 9.64 Å². The lowest BCUT2D eigenvalue weighted by atomic mass is 9.95. The van der Waals surface area contributed by atoms with E-state index in [4.69, 9.17) is 26.3 Å². The molecule has 0 spiro atoms. The van der Waals surface area contributed by atoms with Gasteiger partial charge in [0, 0.05) is 59.8 Å². The second kappa shape index (κ2) is 12.7. The highest BCUT2D eigenvalue weighted by Crippen LogP contribution is 2.41. The summed E-state index contributed by atoms with van der Waals surface area (Å²) in [4.78, 5) is 31.8. The van der Waals surface area contributed by atoms with E-state index < -0.39 is 5.82 Å². The lowest BCUT2D eigenvalue weighted by Gasteiger charge is -2.33. The van der Waals surface area contributed by atoms with E-state index in [1.165, 1.54) is 19.3 Å². The maximum Gasteiger partial charge on any atom is 0.319 e. The fourth-order valence-corrected chi connectivity index (χ4v) is 8.58. The first-order chi connectivity index (χ1) is 23.3. The highest BCUT2D eigenvalue weighted by molar-refractivity contribution is 6.36. The van der Waals surface area contributed by atoms with Crippen LogP contribution < -0.4 is 9.64 Å². The van der Waals surface area contributed by atoms with Crippen LogP contribution in [0.15, 0.2) is 66.9 Å². The number of piperidine rings is 1. The van der Waals surface area contributed by atoms with E-state index in [0.717, 1.165) is 48.0 Å². The first-order valence-electron chi connectivity index (χ1n) is 17.0. The molecule has 246 valence electrons. The molecule has 5 aromatic rings. The molecule has 2 saturated heterocycles. The molecule has 3 aliphatic rings. The highest BCUT2D eigenvalue weighted by Gasteiger charge is 2.35. The first-order valence-corrected chi connectivity index (χ1v) is 17.4. The fourth-order valence-electron chi connectivity index (χ4n) is 8.30. The summed E-state index contributed by atoms with van der Waals surface area (Å²) in [5.74, 6) is 1.79. The third-order valence-electron chi connectivity index (χ3n) is 10.7. The summed E-state index contributed by atoms with van der Waals surface area (Å²) in [6.45, 7) is 4.92. The van der Waals surface area contributed by atoms with E-state index in [2.05, 4.69) is 21.8 Å². The molecule has 0 amide bonds. The second-order valence-corrected chi connectivity index (χ2v) is 14.5. The van der Waals surface area contributed by atoms with Crippen molar-refractivity contribution in [2.24, 2.45) is 17.8 Å². The molecule has 2 aromatic heterocycles. The van der Waals surface area contributed by atoms with Crippen LogP contribution in [-0.2, 0) is 0 Å². The van der Waals surface area contributed by atoms with E-state index >= 15 is 4.39 Å². The first kappa shape index (κ1) is 31.1. The molecule has 0 radical (unpaired) electrons. The Morgan fingerprint density at radius 1 is 1.00 bits per heavy atom. The number of likely N-dealkylation sites (tertiary alicyclic amines) is 1. The molecule has 8 rings (SSSR count). The monoisotopic (exact) mass is 663 g/mol. The van der Waals surface area contributed by atoms with Crippen LogP contribution in [0.25, 0.3) is 32.9 Å². The van der Waals surface area contributed by atoms with Crippen LogP contribution in [0.3, 0.4) is 0 Å². The van der Waals surface area contributed by atoms with Gasteiger partial charge in [0.05, 0.1) is 5.39 Å². The van der Waals surface area contributed by atoms with Crippen molar-refractivity contribution < 1.29 is 13.9 Å². The zero-order valence-corrected chi connectivity index (χ0v) is 28.1. The molecule has 1 saturated carbocycles. The van der Waals surface area contributed by atoms with Gasteiger partial charge in [0.2, 0.25) is 0 Å². The van der Waals surface area contributed by atoms with Gasteiger partial charge in [-0.15, -0.1) is 0 Å². The van der Waals surface area contributed by atoms with E-state index in [1.54, 1.807) is 6.20 Å². The predicted octanol–water partition coefficient (Wildman–Crippen LogP) is 8.15. The number of fused-ring (bicyclic) bond motifs is 4. The molecule has 48 heavy (non-hydrogen) atoms. The lowest BCUT2D eigenvalue weighted by Crippen LogP contribution is -2.37. The average Bonchev–Trinajstić information content (AvgIpc) is 3.62. The minimum atomic E-state index is -0.513. The molecule has 9 heteroatoms. The Morgan fingerprint density at radius 2 is 1.77 bits per heavy atom. The fraction of sp³-hybridized carbons (Fsp3) is 0.385. The van der Waals surface area contributed by atoms with E-state index in [9.17, 15) is 4.79 Å². The number of likely N-dealkylation sites (N-methyl/N-ethyl adjacent to an activating group) is 1. The van der Waals surface area contributed by atoms with Crippen molar-refractivity contribution >= 4 is 44.9 Å². The van der Waals surface area contributed by atoms with Gasteiger partial charge in [0.1, 0.15) is 23.6 Å². The number of carbonyl (C=O) groups excluding carboxylic acids is 1. The number of hydrogen-bond acceptors (Lipinski definition) is 7. The van der Waals surface area contributed by atoms with Crippen molar-refractivity contribution in [3.05, 3.63) is 88.8 Å². The number of Topliss-reactive ketones (excluding diaryl/α,β-unsaturated/α-hetero) is 1. The van der Waals surface area contributed by atoms with Crippen molar-refractivity contribution in [1.29, 1.82) is 0 Å². The Bertz CT molecular complexity index is 2020. The van der Waals surface area contributed by atoms with Gasteiger partial charge in [-0.1, -0.05) is 65.7 Å². The van der Waals surface area contributed by atoms with Crippen molar-refractivity contribution in [2.75, 3.05) is 38.2 Å². The molecule has 3 fully saturated rings. The predicted molar refractivity (Wildman–Crippen MR) is 188 cm³/mol. The molecule has 4 atom stereocenters. The van der Waals surface area contributed by atoms with Gasteiger partial charge in [0.15, 0.2) is 11.6 Å². The number of ether oxygens (including phenoxy) is 1. The largest absolute Gasteiger partial charge is 0.462 e. The van der Waals surface area contributed by atoms with Gasteiger partial charge in [0.25, 0.3) is 0 Å². The number of pyridine rings is 1. The summed E-state index contributed by atoms with van der Waals surface area (Å²) < 4.78 is 23.1. The van der Waals surface area contributed by atoms with Crippen LogP contribution in [0.2, 0.25) is 5.02 Å². The minimum Gasteiger partial charge on any atom is -0.462 e. The number of halogens is 2. The molecular formula is C39H39ClFN5O2. The molecule has 4 heterocycles. The summed E-state index contributed by atoms with van der Waals surface area (Å²) in [6.07, 6.45) is 6.70. The van der Waals surface area contributed by atoms with E-state index in [-0.39, 0.29) is 35.0 Å². The molecule has 7 nitrogen and oxygen atoms in total. The Kier molecular flexibility index (Phi) is 8.25. The molecule has 1 aliphatic carbocycles. The number of rotatable bonds is 8. The zero-order chi connectivity index (χ0) is 32.9. The Morgan fingerprint density at radius 3 is 2.56 bits per heavy atom. The maximum atomic E-state index is 16.7. The summed E-state index contributed by atoms with van der Waals surface area (Å²) in [5, 5.41) is 2.80. The summed E-state index contributed by atoms with van der Waals surface area (Å²) >= 11 is 6.63. The van der Waals surface area contributed by atoms with Gasteiger partial charge in [-0.2, -0.15) is 9.97 Å². The third-order valence-corrected chi connectivity index (χ3v) is 11.0. The smallest absolute Gasteiger partial charge is 0.319 e.